The molecule has 27 heavy (non-hydrogen) atoms. The molecule has 2 heterocycles. The lowest BCUT2D eigenvalue weighted by molar-refractivity contribution is -0.116. The molecule has 3 rings (SSSR count). The van der Waals surface area contributed by atoms with E-state index >= 15 is 0 Å². The molecule has 8 heteroatoms. The molecule has 0 aliphatic carbocycles. The summed E-state index contributed by atoms with van der Waals surface area (Å²) in [5.41, 5.74) is 7.51. The van der Waals surface area contributed by atoms with Crippen molar-refractivity contribution >= 4 is 39.8 Å². The SMILES string of the molecule is CC(C)c1cnc(CSc2cnc(NC(=O)CCc3cccc(N)c3)s2)o1. The van der Waals surface area contributed by atoms with Crippen LogP contribution in [-0.2, 0) is 17.0 Å². The number of oxazole rings is 1. The topological polar surface area (TPSA) is 94.0 Å². The Hall–Kier alpha value is -2.32. The van der Waals surface area contributed by atoms with Gasteiger partial charge in [-0.2, -0.15) is 0 Å². The number of thiazole rings is 1. The molecule has 0 saturated heterocycles. The summed E-state index contributed by atoms with van der Waals surface area (Å²) in [5, 5.41) is 3.45. The van der Waals surface area contributed by atoms with Crippen LogP contribution in [0.3, 0.4) is 0 Å². The first-order valence-electron chi connectivity index (χ1n) is 8.67. The summed E-state index contributed by atoms with van der Waals surface area (Å²) in [7, 11) is 0. The van der Waals surface area contributed by atoms with Crippen LogP contribution in [0.15, 0.2) is 45.3 Å². The van der Waals surface area contributed by atoms with Gasteiger partial charge < -0.3 is 15.5 Å². The standard InChI is InChI=1S/C19H22N4O2S2/c1-12(2)15-9-21-17(25-15)11-26-18-10-22-19(27-18)23-16(24)7-6-13-4-3-5-14(20)8-13/h3-5,8-10,12H,6-7,11,20H2,1-2H3,(H,22,23,24). The van der Waals surface area contributed by atoms with Crippen LogP contribution in [0.2, 0.25) is 0 Å². The van der Waals surface area contributed by atoms with Crippen molar-refractivity contribution in [3.05, 3.63) is 53.9 Å². The van der Waals surface area contributed by atoms with Crippen molar-refractivity contribution in [3.63, 3.8) is 0 Å². The van der Waals surface area contributed by atoms with Crippen molar-refractivity contribution in [2.75, 3.05) is 11.1 Å². The quantitative estimate of drug-likeness (QED) is 0.419. The summed E-state index contributed by atoms with van der Waals surface area (Å²) in [6.45, 7) is 4.14. The molecule has 0 saturated carbocycles. The monoisotopic (exact) mass is 402 g/mol. The minimum Gasteiger partial charge on any atom is -0.445 e. The number of amides is 1. The van der Waals surface area contributed by atoms with Gasteiger partial charge in [0, 0.05) is 18.0 Å². The maximum atomic E-state index is 12.1. The number of nitrogens with two attached hydrogens (primary N) is 1. The van der Waals surface area contributed by atoms with Crippen molar-refractivity contribution in [2.45, 2.75) is 42.6 Å². The summed E-state index contributed by atoms with van der Waals surface area (Å²) < 4.78 is 6.70. The van der Waals surface area contributed by atoms with Crippen LogP contribution in [-0.4, -0.2) is 15.9 Å². The number of carbonyl (C=O) groups excluding carboxylic acids is 1. The zero-order valence-electron chi connectivity index (χ0n) is 15.3. The number of benzene rings is 1. The fourth-order valence-electron chi connectivity index (χ4n) is 2.36. The Labute approximate surface area is 166 Å². The highest BCUT2D eigenvalue weighted by molar-refractivity contribution is 8.00. The normalized spacial score (nSPS) is 11.1. The number of thioether (sulfide) groups is 1. The van der Waals surface area contributed by atoms with Crippen LogP contribution < -0.4 is 11.1 Å². The highest BCUT2D eigenvalue weighted by atomic mass is 32.2. The second-order valence-electron chi connectivity index (χ2n) is 6.38. The molecule has 0 radical (unpaired) electrons. The number of aryl methyl sites for hydroxylation is 1. The van der Waals surface area contributed by atoms with Crippen LogP contribution in [0.5, 0.6) is 0 Å². The molecule has 0 aliphatic rings. The van der Waals surface area contributed by atoms with E-state index < -0.39 is 0 Å². The molecule has 3 N–H and O–H groups in total. The average Bonchev–Trinajstić information content (AvgIpc) is 3.28. The molecule has 0 unspecified atom stereocenters. The lowest BCUT2D eigenvalue weighted by Gasteiger charge is -2.03. The Morgan fingerprint density at radius 1 is 1.33 bits per heavy atom. The van der Waals surface area contributed by atoms with Gasteiger partial charge in [-0.3, -0.25) is 4.79 Å². The van der Waals surface area contributed by atoms with Crippen LogP contribution in [0, 0.1) is 0 Å². The molecule has 0 atom stereocenters. The lowest BCUT2D eigenvalue weighted by atomic mass is 10.1. The first-order valence-corrected chi connectivity index (χ1v) is 10.5. The first-order chi connectivity index (χ1) is 13.0. The molecule has 1 aromatic carbocycles. The summed E-state index contributed by atoms with van der Waals surface area (Å²) in [6.07, 6.45) is 4.57. The molecule has 0 fully saturated rings. The predicted octanol–water partition coefficient (Wildman–Crippen LogP) is 4.70. The van der Waals surface area contributed by atoms with E-state index in [2.05, 4.69) is 29.1 Å². The van der Waals surface area contributed by atoms with Gasteiger partial charge in [0.1, 0.15) is 5.76 Å². The molecule has 0 aliphatic heterocycles. The highest BCUT2D eigenvalue weighted by Crippen LogP contribution is 2.31. The summed E-state index contributed by atoms with van der Waals surface area (Å²) in [5.74, 6) is 2.50. The summed E-state index contributed by atoms with van der Waals surface area (Å²) in [4.78, 5) is 20.7. The van der Waals surface area contributed by atoms with Crippen molar-refractivity contribution in [1.29, 1.82) is 0 Å². The minimum atomic E-state index is -0.0578. The fraction of sp³-hybridized carbons (Fsp3) is 0.316. The van der Waals surface area contributed by atoms with Gasteiger partial charge in [0.15, 0.2) is 5.13 Å². The Morgan fingerprint density at radius 3 is 2.93 bits per heavy atom. The van der Waals surface area contributed by atoms with Crippen molar-refractivity contribution in [1.82, 2.24) is 9.97 Å². The largest absolute Gasteiger partial charge is 0.445 e. The van der Waals surface area contributed by atoms with E-state index in [9.17, 15) is 4.79 Å². The number of nitrogen functional groups attached to an aromatic ring is 1. The molecule has 142 valence electrons. The number of anilines is 2. The van der Waals surface area contributed by atoms with Gasteiger partial charge in [-0.1, -0.05) is 37.3 Å². The Kier molecular flexibility index (Phi) is 6.52. The van der Waals surface area contributed by atoms with Gasteiger partial charge in [0.05, 0.1) is 22.4 Å². The second kappa shape index (κ2) is 9.05. The van der Waals surface area contributed by atoms with E-state index in [1.54, 1.807) is 24.2 Å². The number of nitrogens with one attached hydrogen (secondary N) is 1. The molecular weight excluding hydrogens is 380 g/mol. The molecule has 0 bridgehead atoms. The lowest BCUT2D eigenvalue weighted by Crippen LogP contribution is -2.12. The Bertz CT molecular complexity index is 905. The number of aromatic nitrogens is 2. The van der Waals surface area contributed by atoms with Crippen LogP contribution in [0.4, 0.5) is 10.8 Å². The molecule has 0 spiro atoms. The average molecular weight is 403 g/mol. The third kappa shape index (κ3) is 5.83. The molecule has 1 amide bonds. The minimum absolute atomic E-state index is 0.0578. The number of carbonyl (C=O) groups is 1. The van der Waals surface area contributed by atoms with Gasteiger partial charge >= 0.3 is 0 Å². The van der Waals surface area contributed by atoms with Crippen molar-refractivity contribution in [3.8, 4) is 0 Å². The molecule has 6 nitrogen and oxygen atoms in total. The number of hydrogen-bond donors (Lipinski definition) is 2. The van der Waals surface area contributed by atoms with E-state index in [-0.39, 0.29) is 5.91 Å². The van der Waals surface area contributed by atoms with Crippen molar-refractivity contribution < 1.29 is 9.21 Å². The second-order valence-corrected chi connectivity index (χ2v) is 8.68. The van der Waals surface area contributed by atoms with Crippen LogP contribution in [0.1, 0.15) is 43.4 Å². The first kappa shape index (κ1) is 19.4. The van der Waals surface area contributed by atoms with E-state index in [4.69, 9.17) is 10.2 Å². The van der Waals surface area contributed by atoms with Crippen LogP contribution >= 0.6 is 23.1 Å². The molecule has 3 aromatic rings. The zero-order chi connectivity index (χ0) is 19.2. The van der Waals surface area contributed by atoms with E-state index in [1.165, 1.54) is 11.3 Å². The van der Waals surface area contributed by atoms with Crippen LogP contribution in [0.25, 0.3) is 0 Å². The number of rotatable bonds is 8. The Balaban J connectivity index is 1.46. The number of hydrogen-bond acceptors (Lipinski definition) is 7. The molecular formula is C19H22N4O2S2. The van der Waals surface area contributed by atoms with Gasteiger partial charge in [-0.25, -0.2) is 9.97 Å². The zero-order valence-corrected chi connectivity index (χ0v) is 16.9. The van der Waals surface area contributed by atoms with Gasteiger partial charge in [-0.15, -0.1) is 11.8 Å². The smallest absolute Gasteiger partial charge is 0.226 e. The maximum absolute atomic E-state index is 12.1. The van der Waals surface area contributed by atoms with Gasteiger partial charge in [0.2, 0.25) is 11.8 Å². The Morgan fingerprint density at radius 2 is 2.19 bits per heavy atom. The van der Waals surface area contributed by atoms with Crippen molar-refractivity contribution in [2.24, 2.45) is 0 Å². The summed E-state index contributed by atoms with van der Waals surface area (Å²) >= 11 is 3.04. The third-order valence-corrected chi connectivity index (χ3v) is 5.89. The van der Waals surface area contributed by atoms with E-state index in [0.29, 0.717) is 41.2 Å². The van der Waals surface area contributed by atoms with E-state index in [0.717, 1.165) is 15.5 Å². The third-order valence-electron chi connectivity index (χ3n) is 3.80. The van der Waals surface area contributed by atoms with Gasteiger partial charge in [0.25, 0.3) is 0 Å². The summed E-state index contributed by atoms with van der Waals surface area (Å²) in [6, 6.07) is 7.58. The predicted molar refractivity (Wildman–Crippen MR) is 110 cm³/mol. The highest BCUT2D eigenvalue weighted by Gasteiger charge is 2.11. The van der Waals surface area contributed by atoms with Gasteiger partial charge in [-0.05, 0) is 24.1 Å². The molecule has 2 aromatic heterocycles. The fourth-order valence-corrected chi connectivity index (χ4v) is 4.10. The number of nitrogens with zero attached hydrogens (tertiary/aromatic N) is 2. The maximum Gasteiger partial charge on any atom is 0.226 e. The van der Waals surface area contributed by atoms with E-state index in [1.807, 2.05) is 24.3 Å².